The molecular weight excluding hydrogens is 300 g/mol. The molecule has 0 spiro atoms. The van der Waals surface area contributed by atoms with Crippen LogP contribution < -0.4 is 5.32 Å². The average molecular weight is 322 g/mol. The Labute approximate surface area is 134 Å². The number of benzene rings is 1. The van der Waals surface area contributed by atoms with Gasteiger partial charge in [0.05, 0.1) is 22.1 Å². The maximum absolute atomic E-state index is 12.3. The van der Waals surface area contributed by atoms with Crippen LogP contribution in [0, 0.1) is 22.0 Å². The SMILES string of the molecule is CCC(C(=O)NC(C)c1cc(C(=O)O)ccc1[N+](=O)[O-])C(C)C. The summed E-state index contributed by atoms with van der Waals surface area (Å²) in [5, 5.41) is 22.9. The first-order chi connectivity index (χ1) is 10.7. The third-order valence-corrected chi connectivity index (χ3v) is 3.88. The van der Waals surface area contributed by atoms with E-state index in [9.17, 15) is 19.7 Å². The number of carbonyl (C=O) groups is 2. The summed E-state index contributed by atoms with van der Waals surface area (Å²) in [4.78, 5) is 33.9. The summed E-state index contributed by atoms with van der Waals surface area (Å²) < 4.78 is 0. The molecule has 0 aliphatic heterocycles. The Morgan fingerprint density at radius 3 is 2.35 bits per heavy atom. The number of carboxylic acids is 1. The topological polar surface area (TPSA) is 110 Å². The number of amides is 1. The minimum absolute atomic E-state index is 0.0531. The molecule has 23 heavy (non-hydrogen) atoms. The normalized spacial score (nSPS) is 13.4. The fourth-order valence-corrected chi connectivity index (χ4v) is 2.56. The molecule has 0 saturated heterocycles. The highest BCUT2D eigenvalue weighted by Crippen LogP contribution is 2.27. The number of aromatic carboxylic acids is 1. The van der Waals surface area contributed by atoms with E-state index in [1.54, 1.807) is 6.92 Å². The lowest BCUT2D eigenvalue weighted by molar-refractivity contribution is -0.385. The van der Waals surface area contributed by atoms with Crippen molar-refractivity contribution in [3.63, 3.8) is 0 Å². The molecule has 7 nitrogen and oxygen atoms in total. The predicted molar refractivity (Wildman–Crippen MR) is 85.2 cm³/mol. The van der Waals surface area contributed by atoms with Crippen LogP contribution in [0.1, 0.15) is 56.1 Å². The van der Waals surface area contributed by atoms with E-state index >= 15 is 0 Å². The summed E-state index contributed by atoms with van der Waals surface area (Å²) in [5.41, 5.74) is -0.0788. The standard InChI is InChI=1S/C16H22N2O5/c1-5-12(9(2)3)15(19)17-10(4)13-8-11(16(20)21)6-7-14(13)18(22)23/h6-10,12H,5H2,1-4H3,(H,17,19)(H,20,21). The van der Waals surface area contributed by atoms with Crippen molar-refractivity contribution >= 4 is 17.6 Å². The summed E-state index contributed by atoms with van der Waals surface area (Å²) in [5.74, 6) is -1.41. The molecule has 2 N–H and O–H groups in total. The average Bonchev–Trinajstić information content (AvgIpc) is 2.46. The lowest BCUT2D eigenvalue weighted by atomic mass is 9.91. The molecule has 2 atom stereocenters. The van der Waals surface area contributed by atoms with Crippen molar-refractivity contribution in [3.8, 4) is 0 Å². The van der Waals surface area contributed by atoms with Gasteiger partial charge in [0.1, 0.15) is 0 Å². The number of nitro benzene ring substituents is 1. The molecule has 126 valence electrons. The molecule has 1 rings (SSSR count). The second-order valence-electron chi connectivity index (χ2n) is 5.82. The number of rotatable bonds is 7. The van der Waals surface area contributed by atoms with E-state index in [-0.39, 0.29) is 34.6 Å². The molecule has 7 heteroatoms. The zero-order valence-electron chi connectivity index (χ0n) is 13.7. The Kier molecular flexibility index (Phi) is 6.24. The van der Waals surface area contributed by atoms with Crippen LogP contribution in [0.25, 0.3) is 0 Å². The molecule has 1 aromatic rings. The number of hydrogen-bond acceptors (Lipinski definition) is 4. The first-order valence-corrected chi connectivity index (χ1v) is 7.51. The molecule has 1 amide bonds. The monoisotopic (exact) mass is 322 g/mol. The first-order valence-electron chi connectivity index (χ1n) is 7.51. The lowest BCUT2D eigenvalue weighted by Gasteiger charge is -2.22. The fraction of sp³-hybridized carbons (Fsp3) is 0.500. The van der Waals surface area contributed by atoms with E-state index in [2.05, 4.69) is 5.32 Å². The minimum Gasteiger partial charge on any atom is -0.478 e. The van der Waals surface area contributed by atoms with E-state index in [1.165, 1.54) is 12.1 Å². The quantitative estimate of drug-likeness (QED) is 0.592. The summed E-state index contributed by atoms with van der Waals surface area (Å²) in [6.45, 7) is 7.39. The second-order valence-corrected chi connectivity index (χ2v) is 5.82. The van der Waals surface area contributed by atoms with Crippen molar-refractivity contribution in [2.75, 3.05) is 0 Å². The third kappa shape index (κ3) is 4.51. The van der Waals surface area contributed by atoms with Crippen molar-refractivity contribution in [3.05, 3.63) is 39.4 Å². The van der Waals surface area contributed by atoms with Crippen molar-refractivity contribution in [1.82, 2.24) is 5.32 Å². The molecule has 0 aromatic heterocycles. The highest BCUT2D eigenvalue weighted by Gasteiger charge is 2.26. The van der Waals surface area contributed by atoms with Crippen molar-refractivity contribution < 1.29 is 19.6 Å². The number of nitrogens with one attached hydrogen (secondary N) is 1. The van der Waals surface area contributed by atoms with Gasteiger partial charge in [0.2, 0.25) is 5.91 Å². The van der Waals surface area contributed by atoms with Gasteiger partial charge in [0, 0.05) is 12.0 Å². The molecule has 0 aliphatic carbocycles. The predicted octanol–water partition coefficient (Wildman–Crippen LogP) is 3.15. The smallest absolute Gasteiger partial charge is 0.335 e. The van der Waals surface area contributed by atoms with Gasteiger partial charge in [-0.15, -0.1) is 0 Å². The summed E-state index contributed by atoms with van der Waals surface area (Å²) in [7, 11) is 0. The van der Waals surface area contributed by atoms with E-state index < -0.39 is 16.9 Å². The molecule has 0 fully saturated rings. The van der Waals surface area contributed by atoms with Crippen LogP contribution >= 0.6 is 0 Å². The van der Waals surface area contributed by atoms with Gasteiger partial charge >= 0.3 is 5.97 Å². The molecule has 0 aliphatic rings. The van der Waals surface area contributed by atoms with Gasteiger partial charge < -0.3 is 10.4 Å². The van der Waals surface area contributed by atoms with E-state index in [0.29, 0.717) is 6.42 Å². The summed E-state index contributed by atoms with van der Waals surface area (Å²) >= 11 is 0. The Balaban J connectivity index is 3.12. The zero-order valence-corrected chi connectivity index (χ0v) is 13.7. The maximum atomic E-state index is 12.3. The van der Waals surface area contributed by atoms with Gasteiger partial charge in [0.15, 0.2) is 0 Å². The van der Waals surface area contributed by atoms with Gasteiger partial charge in [-0.3, -0.25) is 14.9 Å². The largest absolute Gasteiger partial charge is 0.478 e. The van der Waals surface area contributed by atoms with Crippen LogP contribution in [0.4, 0.5) is 5.69 Å². The van der Waals surface area contributed by atoms with Crippen molar-refractivity contribution in [2.24, 2.45) is 11.8 Å². The molecule has 0 radical (unpaired) electrons. The van der Waals surface area contributed by atoms with Crippen molar-refractivity contribution in [1.29, 1.82) is 0 Å². The van der Waals surface area contributed by atoms with Crippen LogP contribution in [0.15, 0.2) is 18.2 Å². The van der Waals surface area contributed by atoms with E-state index in [4.69, 9.17) is 5.11 Å². The van der Waals surface area contributed by atoms with Gasteiger partial charge in [-0.05, 0) is 31.4 Å². The van der Waals surface area contributed by atoms with Crippen molar-refractivity contribution in [2.45, 2.75) is 40.2 Å². The number of nitro groups is 1. The van der Waals surface area contributed by atoms with Crippen LogP contribution in [0.3, 0.4) is 0 Å². The molecule has 2 unspecified atom stereocenters. The number of hydrogen-bond donors (Lipinski definition) is 2. The molecular formula is C16H22N2O5. The minimum atomic E-state index is -1.17. The van der Waals surface area contributed by atoms with Crippen LogP contribution in [0.2, 0.25) is 0 Å². The highest BCUT2D eigenvalue weighted by atomic mass is 16.6. The Bertz CT molecular complexity index is 612. The fourth-order valence-electron chi connectivity index (χ4n) is 2.56. The second kappa shape index (κ2) is 7.71. The van der Waals surface area contributed by atoms with Crippen LogP contribution in [-0.2, 0) is 4.79 Å². The summed E-state index contributed by atoms with van der Waals surface area (Å²) in [6, 6.07) is 2.92. The molecule has 1 aromatic carbocycles. The Morgan fingerprint density at radius 1 is 1.30 bits per heavy atom. The zero-order chi connectivity index (χ0) is 17.7. The maximum Gasteiger partial charge on any atom is 0.335 e. The van der Waals surface area contributed by atoms with Gasteiger partial charge in [-0.25, -0.2) is 4.79 Å². The van der Waals surface area contributed by atoms with Crippen LogP contribution in [-0.4, -0.2) is 21.9 Å². The molecule has 0 heterocycles. The van der Waals surface area contributed by atoms with E-state index in [0.717, 1.165) is 6.07 Å². The lowest BCUT2D eigenvalue weighted by Crippen LogP contribution is -2.35. The van der Waals surface area contributed by atoms with Gasteiger partial charge in [0.25, 0.3) is 5.69 Å². The Hall–Kier alpha value is -2.44. The Morgan fingerprint density at radius 2 is 1.91 bits per heavy atom. The highest BCUT2D eigenvalue weighted by molar-refractivity contribution is 5.88. The number of carbonyl (C=O) groups excluding carboxylic acids is 1. The molecule has 0 saturated carbocycles. The van der Waals surface area contributed by atoms with Gasteiger partial charge in [-0.1, -0.05) is 20.8 Å². The van der Waals surface area contributed by atoms with E-state index in [1.807, 2.05) is 20.8 Å². The summed E-state index contributed by atoms with van der Waals surface area (Å²) in [6.07, 6.45) is 0.660. The van der Waals surface area contributed by atoms with Crippen LogP contribution in [0.5, 0.6) is 0 Å². The first kappa shape index (κ1) is 18.6. The third-order valence-electron chi connectivity index (χ3n) is 3.88. The molecule has 0 bridgehead atoms. The van der Waals surface area contributed by atoms with Gasteiger partial charge in [-0.2, -0.15) is 0 Å². The number of nitrogens with zero attached hydrogens (tertiary/aromatic N) is 1. The number of carboxylic acid groups (broad SMARTS) is 1.